The fourth-order valence-corrected chi connectivity index (χ4v) is 3.21. The van der Waals surface area contributed by atoms with Gasteiger partial charge in [0.25, 0.3) is 0 Å². The van der Waals surface area contributed by atoms with Gasteiger partial charge in [0.05, 0.1) is 13.0 Å². The fourth-order valence-electron chi connectivity index (χ4n) is 3.21. The van der Waals surface area contributed by atoms with Crippen LogP contribution in [0.4, 0.5) is 4.39 Å². The van der Waals surface area contributed by atoms with E-state index in [9.17, 15) is 14.0 Å². The maximum Gasteiger partial charge on any atom is 0.225 e. The molecule has 1 aromatic rings. The molecule has 1 aliphatic heterocycles. The lowest BCUT2D eigenvalue weighted by Gasteiger charge is -2.20. The first-order valence-corrected chi connectivity index (χ1v) is 10.2. The fraction of sp³-hybridized carbons (Fsp3) is 0.571. The number of benzene rings is 1. The third-order valence-corrected chi connectivity index (χ3v) is 4.64. The predicted octanol–water partition coefficient (Wildman–Crippen LogP) is 1.91. The van der Waals surface area contributed by atoms with Gasteiger partial charge >= 0.3 is 0 Å². The van der Waals surface area contributed by atoms with Crippen LogP contribution < -0.4 is 16.0 Å². The van der Waals surface area contributed by atoms with Gasteiger partial charge < -0.3 is 20.9 Å². The van der Waals surface area contributed by atoms with Crippen LogP contribution in [0.5, 0.6) is 0 Å². The number of carbonyl (C=O) groups excluding carboxylic acids is 2. The summed E-state index contributed by atoms with van der Waals surface area (Å²) in [6, 6.07) is 6.20. The van der Waals surface area contributed by atoms with E-state index in [2.05, 4.69) is 20.9 Å². The Morgan fingerprint density at radius 3 is 2.73 bits per heavy atom. The van der Waals surface area contributed by atoms with E-state index < -0.39 is 0 Å². The molecule has 0 saturated carbocycles. The molecule has 3 N–H and O–H groups in total. The number of likely N-dealkylation sites (tertiary alicyclic amines) is 1. The Hall–Kier alpha value is -1.91. The maximum absolute atomic E-state index is 13.2. The smallest absolute Gasteiger partial charge is 0.225 e. The highest BCUT2D eigenvalue weighted by Gasteiger charge is 2.27. The van der Waals surface area contributed by atoms with Gasteiger partial charge in [-0.15, -0.1) is 24.0 Å². The summed E-state index contributed by atoms with van der Waals surface area (Å²) in [5, 5.41) is 9.36. The Bertz CT molecular complexity index is 729. The first-order valence-electron chi connectivity index (χ1n) is 10.2. The molecule has 1 heterocycles. The molecule has 9 heteroatoms. The highest BCUT2D eigenvalue weighted by molar-refractivity contribution is 14.0. The van der Waals surface area contributed by atoms with Crippen LogP contribution in [-0.4, -0.2) is 61.4 Å². The molecule has 2 amide bonds. The zero-order valence-electron chi connectivity index (χ0n) is 17.9. The molecule has 0 spiro atoms. The summed E-state index contributed by atoms with van der Waals surface area (Å²) in [5.41, 5.74) is 0.641. The summed E-state index contributed by atoms with van der Waals surface area (Å²) in [4.78, 5) is 30.5. The monoisotopic (exact) mass is 533 g/mol. The molecule has 168 valence electrons. The van der Waals surface area contributed by atoms with E-state index in [1.54, 1.807) is 12.1 Å². The second-order valence-electron chi connectivity index (χ2n) is 7.49. The molecule has 1 saturated heterocycles. The van der Waals surface area contributed by atoms with Gasteiger partial charge in [-0.3, -0.25) is 14.6 Å². The molecular formula is C21H33FIN5O2. The lowest BCUT2D eigenvalue weighted by Crippen LogP contribution is -2.45. The van der Waals surface area contributed by atoms with E-state index in [0.717, 1.165) is 19.5 Å². The van der Waals surface area contributed by atoms with Gasteiger partial charge in [-0.1, -0.05) is 26.0 Å². The third-order valence-electron chi connectivity index (χ3n) is 4.64. The van der Waals surface area contributed by atoms with Crippen molar-refractivity contribution in [1.29, 1.82) is 0 Å². The van der Waals surface area contributed by atoms with Gasteiger partial charge in [0, 0.05) is 38.1 Å². The summed E-state index contributed by atoms with van der Waals surface area (Å²) in [7, 11) is 0. The number of nitrogens with zero attached hydrogens (tertiary/aromatic N) is 2. The van der Waals surface area contributed by atoms with Crippen molar-refractivity contribution in [2.45, 2.75) is 39.7 Å². The van der Waals surface area contributed by atoms with E-state index in [4.69, 9.17) is 0 Å². The van der Waals surface area contributed by atoms with E-state index >= 15 is 0 Å². The Balaban J connectivity index is 0.00000450. The van der Waals surface area contributed by atoms with Crippen molar-refractivity contribution in [3.05, 3.63) is 35.6 Å². The number of carbonyl (C=O) groups is 2. The SMILES string of the molecule is CCNC(=NCCNC(=O)Cc1cccc(F)c1)NC1CCN(C(=O)C(C)C)C1.I. The van der Waals surface area contributed by atoms with Crippen molar-refractivity contribution < 1.29 is 14.0 Å². The van der Waals surface area contributed by atoms with Gasteiger partial charge in [0.15, 0.2) is 5.96 Å². The van der Waals surface area contributed by atoms with Crippen LogP contribution in [0.1, 0.15) is 32.8 Å². The minimum atomic E-state index is -0.346. The zero-order chi connectivity index (χ0) is 21.2. The molecule has 2 rings (SSSR count). The van der Waals surface area contributed by atoms with Gasteiger partial charge in [0.1, 0.15) is 5.82 Å². The normalized spacial score (nSPS) is 16.2. The second-order valence-corrected chi connectivity index (χ2v) is 7.49. The van der Waals surface area contributed by atoms with Crippen molar-refractivity contribution in [2.75, 3.05) is 32.7 Å². The largest absolute Gasteiger partial charge is 0.357 e. The standard InChI is InChI=1S/C21H32FN5O2.HI/c1-4-23-21(26-18-8-11-27(14-18)20(29)15(2)3)25-10-9-24-19(28)13-16-6-5-7-17(22)12-16;/h5-7,12,15,18H,4,8-11,13-14H2,1-3H3,(H,24,28)(H2,23,25,26);1H. The van der Waals surface area contributed by atoms with Crippen molar-refractivity contribution in [3.8, 4) is 0 Å². The second kappa shape index (κ2) is 13.4. The number of hydrogen-bond donors (Lipinski definition) is 3. The number of amides is 2. The molecular weight excluding hydrogens is 500 g/mol. The van der Waals surface area contributed by atoms with Crippen LogP contribution in [0.3, 0.4) is 0 Å². The van der Waals surface area contributed by atoms with E-state index in [1.807, 2.05) is 25.7 Å². The quantitative estimate of drug-likeness (QED) is 0.206. The summed E-state index contributed by atoms with van der Waals surface area (Å²) in [6.45, 7) is 8.78. The van der Waals surface area contributed by atoms with Crippen LogP contribution in [0.2, 0.25) is 0 Å². The molecule has 7 nitrogen and oxygen atoms in total. The highest BCUT2D eigenvalue weighted by atomic mass is 127. The van der Waals surface area contributed by atoms with Crippen LogP contribution in [-0.2, 0) is 16.0 Å². The summed E-state index contributed by atoms with van der Waals surface area (Å²) >= 11 is 0. The average molecular weight is 533 g/mol. The molecule has 30 heavy (non-hydrogen) atoms. The molecule has 1 aromatic carbocycles. The number of guanidine groups is 1. The van der Waals surface area contributed by atoms with Gasteiger partial charge in [0.2, 0.25) is 11.8 Å². The minimum absolute atomic E-state index is 0. The molecule has 1 atom stereocenters. The van der Waals surface area contributed by atoms with Crippen LogP contribution in [0.25, 0.3) is 0 Å². The molecule has 0 aromatic heterocycles. The summed E-state index contributed by atoms with van der Waals surface area (Å²) < 4.78 is 13.2. The van der Waals surface area contributed by atoms with Gasteiger partial charge in [-0.25, -0.2) is 4.39 Å². The molecule has 0 aliphatic carbocycles. The molecule has 1 aliphatic rings. The zero-order valence-corrected chi connectivity index (χ0v) is 20.2. The van der Waals surface area contributed by atoms with Crippen molar-refractivity contribution in [2.24, 2.45) is 10.9 Å². The van der Waals surface area contributed by atoms with Gasteiger partial charge in [-0.2, -0.15) is 0 Å². The Morgan fingerprint density at radius 1 is 1.30 bits per heavy atom. The van der Waals surface area contributed by atoms with E-state index in [-0.39, 0.29) is 60.0 Å². The van der Waals surface area contributed by atoms with Gasteiger partial charge in [-0.05, 0) is 31.0 Å². The van der Waals surface area contributed by atoms with E-state index in [1.165, 1.54) is 12.1 Å². The van der Waals surface area contributed by atoms with Crippen molar-refractivity contribution in [3.63, 3.8) is 0 Å². The number of rotatable bonds is 8. The Labute approximate surface area is 195 Å². The highest BCUT2D eigenvalue weighted by Crippen LogP contribution is 2.12. The van der Waals surface area contributed by atoms with Crippen molar-refractivity contribution >= 4 is 41.8 Å². The van der Waals surface area contributed by atoms with Crippen molar-refractivity contribution in [1.82, 2.24) is 20.9 Å². The number of hydrogen-bond acceptors (Lipinski definition) is 3. The lowest BCUT2D eigenvalue weighted by atomic mass is 10.1. The lowest BCUT2D eigenvalue weighted by molar-refractivity contribution is -0.133. The average Bonchev–Trinajstić information content (AvgIpc) is 3.13. The Morgan fingerprint density at radius 2 is 2.07 bits per heavy atom. The summed E-state index contributed by atoms with van der Waals surface area (Å²) in [5.74, 6) is 0.351. The van der Waals surface area contributed by atoms with E-state index in [0.29, 0.717) is 31.2 Å². The molecule has 1 fully saturated rings. The molecule has 0 bridgehead atoms. The first kappa shape index (κ1) is 26.1. The Kier molecular flexibility index (Phi) is 11.7. The third kappa shape index (κ3) is 8.85. The predicted molar refractivity (Wildman–Crippen MR) is 127 cm³/mol. The number of aliphatic imine (C=N–C) groups is 1. The minimum Gasteiger partial charge on any atom is -0.357 e. The summed E-state index contributed by atoms with van der Waals surface area (Å²) in [6.07, 6.45) is 1.02. The van der Waals surface area contributed by atoms with Crippen LogP contribution in [0, 0.1) is 11.7 Å². The molecule has 0 radical (unpaired) electrons. The first-order chi connectivity index (χ1) is 13.9. The van der Waals surface area contributed by atoms with Crippen LogP contribution in [0.15, 0.2) is 29.3 Å². The van der Waals surface area contributed by atoms with Crippen LogP contribution >= 0.6 is 24.0 Å². The maximum atomic E-state index is 13.2. The number of halogens is 2. The number of nitrogens with one attached hydrogen (secondary N) is 3. The topological polar surface area (TPSA) is 85.8 Å². The molecule has 1 unspecified atom stereocenters.